The lowest BCUT2D eigenvalue weighted by Crippen LogP contribution is -2.36. The molecule has 0 aliphatic heterocycles. The predicted octanol–water partition coefficient (Wildman–Crippen LogP) is 0.709. The highest BCUT2D eigenvalue weighted by Crippen LogP contribution is 2.43. The van der Waals surface area contributed by atoms with Crippen molar-refractivity contribution in [3.8, 4) is 0 Å². The van der Waals surface area contributed by atoms with Crippen LogP contribution >= 0.6 is 12.4 Å². The first kappa shape index (κ1) is 10.7. The maximum absolute atomic E-state index is 10.9. The van der Waals surface area contributed by atoms with Gasteiger partial charge in [0.2, 0.25) is 0 Å². The summed E-state index contributed by atoms with van der Waals surface area (Å²) in [4.78, 5) is 10.9. The molecule has 11 heavy (non-hydrogen) atoms. The number of carbonyl (C=O) groups excluding carboxylic acids is 1. The van der Waals surface area contributed by atoms with Crippen LogP contribution in [0.2, 0.25) is 0 Å². The van der Waals surface area contributed by atoms with Crippen molar-refractivity contribution in [2.45, 2.75) is 25.3 Å². The summed E-state index contributed by atoms with van der Waals surface area (Å²) in [5.74, 6) is 0.0827. The van der Waals surface area contributed by atoms with E-state index >= 15 is 0 Å². The topological polar surface area (TPSA) is 52.3 Å². The fourth-order valence-corrected chi connectivity index (χ4v) is 1.30. The van der Waals surface area contributed by atoms with E-state index in [9.17, 15) is 4.79 Å². The molecule has 0 heterocycles. The first-order chi connectivity index (χ1) is 4.65. The molecule has 1 aliphatic rings. The molecule has 0 radical (unpaired) electrons. The van der Waals surface area contributed by atoms with E-state index in [1.807, 2.05) is 6.92 Å². The van der Waals surface area contributed by atoms with E-state index in [1.165, 1.54) is 7.11 Å². The Labute approximate surface area is 72.7 Å². The lowest BCUT2D eigenvalue weighted by Gasteiger charge is -2.06. The average molecular weight is 180 g/mol. The van der Waals surface area contributed by atoms with Gasteiger partial charge in [-0.15, -0.1) is 12.4 Å². The molecule has 3 nitrogen and oxygen atoms in total. The van der Waals surface area contributed by atoms with Gasteiger partial charge in [-0.2, -0.15) is 0 Å². The monoisotopic (exact) mass is 179 g/mol. The van der Waals surface area contributed by atoms with Crippen molar-refractivity contribution < 1.29 is 9.53 Å². The Kier molecular flexibility index (Phi) is 3.32. The van der Waals surface area contributed by atoms with Gasteiger partial charge >= 0.3 is 5.97 Å². The predicted molar refractivity (Wildman–Crippen MR) is 44.6 cm³/mol. The minimum atomic E-state index is -0.635. The molecule has 0 amide bonds. The standard InChI is InChI=1S/C7H13NO2.ClH/c1-3-5-4-7(5,8)6(9)10-2;/h5H,3-4,8H2,1-2H3;1H. The molecule has 1 fully saturated rings. The molecule has 1 rings (SSSR count). The summed E-state index contributed by atoms with van der Waals surface area (Å²) >= 11 is 0. The Morgan fingerprint density at radius 3 is 2.64 bits per heavy atom. The second-order valence-corrected chi connectivity index (χ2v) is 2.84. The molecule has 0 aromatic heterocycles. The Morgan fingerprint density at radius 2 is 2.36 bits per heavy atom. The van der Waals surface area contributed by atoms with Crippen molar-refractivity contribution in [3.63, 3.8) is 0 Å². The van der Waals surface area contributed by atoms with E-state index in [1.54, 1.807) is 0 Å². The number of hydrogen-bond acceptors (Lipinski definition) is 3. The molecular weight excluding hydrogens is 166 g/mol. The van der Waals surface area contributed by atoms with E-state index < -0.39 is 5.54 Å². The summed E-state index contributed by atoms with van der Waals surface area (Å²) in [6, 6.07) is 0. The van der Waals surface area contributed by atoms with Crippen LogP contribution in [0.15, 0.2) is 0 Å². The first-order valence-electron chi connectivity index (χ1n) is 3.52. The van der Waals surface area contributed by atoms with E-state index in [-0.39, 0.29) is 18.4 Å². The third-order valence-electron chi connectivity index (χ3n) is 2.21. The minimum absolute atomic E-state index is 0. The molecular formula is C7H14ClNO2. The Hall–Kier alpha value is -0.280. The van der Waals surface area contributed by atoms with Crippen LogP contribution in [0, 0.1) is 5.92 Å². The highest BCUT2D eigenvalue weighted by atomic mass is 35.5. The zero-order chi connectivity index (χ0) is 7.78. The molecule has 1 saturated carbocycles. The number of esters is 1. The third kappa shape index (κ3) is 1.65. The fraction of sp³-hybridized carbons (Fsp3) is 0.857. The lowest BCUT2D eigenvalue weighted by molar-refractivity contribution is -0.143. The van der Waals surface area contributed by atoms with Crippen LogP contribution in [0.1, 0.15) is 19.8 Å². The molecule has 4 heteroatoms. The summed E-state index contributed by atoms with van der Waals surface area (Å²) in [5.41, 5.74) is 5.05. The SMILES string of the molecule is CCC1CC1(N)C(=O)OC.Cl. The van der Waals surface area contributed by atoms with E-state index in [0.29, 0.717) is 5.92 Å². The van der Waals surface area contributed by atoms with Gasteiger partial charge in [0.1, 0.15) is 5.54 Å². The smallest absolute Gasteiger partial charge is 0.326 e. The van der Waals surface area contributed by atoms with Crippen LogP contribution in [0.25, 0.3) is 0 Å². The van der Waals surface area contributed by atoms with Crippen LogP contribution in [0.4, 0.5) is 0 Å². The van der Waals surface area contributed by atoms with E-state index in [0.717, 1.165) is 12.8 Å². The van der Waals surface area contributed by atoms with Gasteiger partial charge in [0, 0.05) is 0 Å². The van der Waals surface area contributed by atoms with Crippen molar-refractivity contribution in [2.24, 2.45) is 11.7 Å². The zero-order valence-corrected chi connectivity index (χ0v) is 7.61. The van der Waals surface area contributed by atoms with Crippen LogP contribution in [-0.2, 0) is 9.53 Å². The van der Waals surface area contributed by atoms with Crippen LogP contribution < -0.4 is 5.73 Å². The average Bonchev–Trinajstić information content (AvgIpc) is 2.61. The molecule has 0 saturated heterocycles. The van der Waals surface area contributed by atoms with E-state index in [4.69, 9.17) is 5.73 Å². The maximum Gasteiger partial charge on any atom is 0.326 e. The van der Waals surface area contributed by atoms with Crippen molar-refractivity contribution >= 4 is 18.4 Å². The number of ether oxygens (including phenoxy) is 1. The lowest BCUT2D eigenvalue weighted by atomic mass is 10.2. The largest absolute Gasteiger partial charge is 0.468 e. The minimum Gasteiger partial charge on any atom is -0.468 e. The van der Waals surface area contributed by atoms with Gasteiger partial charge in [-0.3, -0.25) is 4.79 Å². The summed E-state index contributed by atoms with van der Waals surface area (Å²) in [6.07, 6.45) is 1.75. The highest BCUT2D eigenvalue weighted by molar-refractivity contribution is 5.85. The molecule has 2 N–H and O–H groups in total. The van der Waals surface area contributed by atoms with Gasteiger partial charge in [-0.05, 0) is 12.3 Å². The van der Waals surface area contributed by atoms with Gasteiger partial charge in [-0.25, -0.2) is 0 Å². The van der Waals surface area contributed by atoms with Crippen LogP contribution in [0.5, 0.6) is 0 Å². The summed E-state index contributed by atoms with van der Waals surface area (Å²) in [6.45, 7) is 2.03. The van der Waals surface area contributed by atoms with Gasteiger partial charge in [0.25, 0.3) is 0 Å². The molecule has 2 atom stereocenters. The molecule has 0 aromatic carbocycles. The molecule has 0 bridgehead atoms. The van der Waals surface area contributed by atoms with Crippen molar-refractivity contribution in [2.75, 3.05) is 7.11 Å². The molecule has 66 valence electrons. The number of methoxy groups -OCH3 is 1. The van der Waals surface area contributed by atoms with Crippen molar-refractivity contribution in [3.05, 3.63) is 0 Å². The molecule has 1 aliphatic carbocycles. The van der Waals surface area contributed by atoms with Crippen LogP contribution in [0.3, 0.4) is 0 Å². The summed E-state index contributed by atoms with van der Waals surface area (Å²) in [7, 11) is 1.38. The van der Waals surface area contributed by atoms with E-state index in [2.05, 4.69) is 4.74 Å². The number of nitrogens with two attached hydrogens (primary N) is 1. The van der Waals surface area contributed by atoms with Crippen molar-refractivity contribution in [1.82, 2.24) is 0 Å². The van der Waals surface area contributed by atoms with Crippen LogP contribution in [-0.4, -0.2) is 18.6 Å². The number of rotatable bonds is 2. The molecule has 2 unspecified atom stereocenters. The molecule has 0 spiro atoms. The number of halogens is 1. The second kappa shape index (κ2) is 3.41. The van der Waals surface area contributed by atoms with Gasteiger partial charge in [0.15, 0.2) is 0 Å². The quantitative estimate of drug-likeness (QED) is 0.636. The molecule has 0 aromatic rings. The Balaban J connectivity index is 0.000001000. The fourth-order valence-electron chi connectivity index (χ4n) is 1.30. The number of carbonyl (C=O) groups is 1. The summed E-state index contributed by atoms with van der Waals surface area (Å²) in [5, 5.41) is 0. The zero-order valence-electron chi connectivity index (χ0n) is 6.79. The maximum atomic E-state index is 10.9. The van der Waals surface area contributed by atoms with Gasteiger partial charge in [0.05, 0.1) is 7.11 Å². The highest BCUT2D eigenvalue weighted by Gasteiger charge is 2.56. The van der Waals surface area contributed by atoms with Gasteiger partial charge < -0.3 is 10.5 Å². The van der Waals surface area contributed by atoms with Crippen molar-refractivity contribution in [1.29, 1.82) is 0 Å². The third-order valence-corrected chi connectivity index (χ3v) is 2.21. The first-order valence-corrected chi connectivity index (χ1v) is 3.52. The Morgan fingerprint density at radius 1 is 1.82 bits per heavy atom. The normalized spacial score (nSPS) is 33.9. The second-order valence-electron chi connectivity index (χ2n) is 2.84. The van der Waals surface area contributed by atoms with Gasteiger partial charge in [-0.1, -0.05) is 13.3 Å². The Bertz CT molecular complexity index is 163. The number of hydrogen-bond donors (Lipinski definition) is 1. The summed E-state index contributed by atoms with van der Waals surface area (Å²) < 4.78 is 4.55.